The van der Waals surface area contributed by atoms with Crippen LogP contribution >= 0.6 is 43.2 Å². The van der Waals surface area contributed by atoms with Crippen LogP contribution in [0.15, 0.2) is 14.3 Å². The molecule has 1 atom stereocenters. The summed E-state index contributed by atoms with van der Waals surface area (Å²) in [5.74, 6) is 2.63. The van der Waals surface area contributed by atoms with Gasteiger partial charge in [-0.2, -0.15) is 0 Å². The highest BCUT2D eigenvalue weighted by molar-refractivity contribution is 9.13. The molecule has 1 heterocycles. The first-order valence-corrected chi connectivity index (χ1v) is 6.17. The largest absolute Gasteiger partial charge is 0.299 e. The fourth-order valence-electron chi connectivity index (χ4n) is 0.791. The molecule has 0 spiro atoms. The second-order valence-corrected chi connectivity index (χ2v) is 5.91. The van der Waals surface area contributed by atoms with Gasteiger partial charge in [0.1, 0.15) is 0 Å². The molecule has 0 aromatic carbocycles. The SMILES string of the molecule is C#CC(C)NCc1cc(Br)c(Br)s1. The van der Waals surface area contributed by atoms with Gasteiger partial charge in [-0.25, -0.2) is 0 Å². The van der Waals surface area contributed by atoms with E-state index in [1.54, 1.807) is 11.3 Å². The summed E-state index contributed by atoms with van der Waals surface area (Å²) < 4.78 is 2.22. The lowest BCUT2D eigenvalue weighted by Crippen LogP contribution is -2.22. The molecule has 0 aliphatic heterocycles. The molecule has 4 heteroatoms. The number of terminal acetylenes is 1. The van der Waals surface area contributed by atoms with E-state index >= 15 is 0 Å². The molecule has 13 heavy (non-hydrogen) atoms. The topological polar surface area (TPSA) is 12.0 Å². The Labute approximate surface area is 99.2 Å². The van der Waals surface area contributed by atoms with Crippen molar-refractivity contribution in [1.82, 2.24) is 5.32 Å². The number of rotatable bonds is 3. The standard InChI is InChI=1S/C9H9Br2NS/c1-3-6(2)12-5-7-4-8(10)9(11)13-7/h1,4,6,12H,5H2,2H3. The molecule has 70 valence electrons. The molecule has 1 aromatic heterocycles. The molecule has 1 rings (SSSR count). The summed E-state index contributed by atoms with van der Waals surface area (Å²) in [6.45, 7) is 2.79. The minimum Gasteiger partial charge on any atom is -0.299 e. The quantitative estimate of drug-likeness (QED) is 0.841. The maximum absolute atomic E-state index is 5.24. The van der Waals surface area contributed by atoms with E-state index in [1.807, 2.05) is 6.92 Å². The number of hydrogen-bond donors (Lipinski definition) is 1. The van der Waals surface area contributed by atoms with Gasteiger partial charge < -0.3 is 0 Å². The molecule has 0 fully saturated rings. The Bertz CT molecular complexity index is 307. The fraction of sp³-hybridized carbons (Fsp3) is 0.333. The van der Waals surface area contributed by atoms with Gasteiger partial charge in [0.2, 0.25) is 0 Å². The zero-order chi connectivity index (χ0) is 9.84. The summed E-state index contributed by atoms with van der Waals surface area (Å²) in [7, 11) is 0. The molecule has 1 N–H and O–H groups in total. The van der Waals surface area contributed by atoms with Crippen LogP contribution in [0.3, 0.4) is 0 Å². The van der Waals surface area contributed by atoms with Crippen molar-refractivity contribution in [2.45, 2.75) is 19.5 Å². The number of thiophene rings is 1. The van der Waals surface area contributed by atoms with Crippen LogP contribution in [0.25, 0.3) is 0 Å². The van der Waals surface area contributed by atoms with Gasteiger partial charge in [0.05, 0.1) is 9.83 Å². The molecule has 0 aliphatic carbocycles. The highest BCUT2D eigenvalue weighted by atomic mass is 79.9. The Kier molecular flexibility index (Phi) is 4.47. The van der Waals surface area contributed by atoms with Crippen LogP contribution in [0, 0.1) is 12.3 Å². The van der Waals surface area contributed by atoms with Gasteiger partial charge in [-0.3, -0.25) is 5.32 Å². The Balaban J connectivity index is 2.51. The third-order valence-corrected chi connectivity index (χ3v) is 4.78. The van der Waals surface area contributed by atoms with Crippen molar-refractivity contribution >= 4 is 43.2 Å². The number of halogens is 2. The summed E-state index contributed by atoms with van der Waals surface area (Å²) in [5, 5.41) is 3.22. The highest BCUT2D eigenvalue weighted by Crippen LogP contribution is 2.32. The molecule has 1 unspecified atom stereocenters. The maximum atomic E-state index is 5.24. The molecular formula is C9H9Br2NS. The predicted octanol–water partition coefficient (Wildman–Crippen LogP) is 3.38. The van der Waals surface area contributed by atoms with Crippen LogP contribution in [0.4, 0.5) is 0 Å². The van der Waals surface area contributed by atoms with Crippen LogP contribution < -0.4 is 5.32 Å². The fourth-order valence-corrected chi connectivity index (χ4v) is 2.92. The zero-order valence-corrected chi connectivity index (χ0v) is 11.1. The van der Waals surface area contributed by atoms with Crippen molar-refractivity contribution < 1.29 is 0 Å². The van der Waals surface area contributed by atoms with E-state index in [-0.39, 0.29) is 6.04 Å². The van der Waals surface area contributed by atoms with Crippen molar-refractivity contribution in [1.29, 1.82) is 0 Å². The summed E-state index contributed by atoms with van der Waals surface area (Å²) in [5.41, 5.74) is 0. The zero-order valence-electron chi connectivity index (χ0n) is 7.10. The maximum Gasteiger partial charge on any atom is 0.0843 e. The smallest absolute Gasteiger partial charge is 0.0843 e. The third kappa shape index (κ3) is 3.43. The lowest BCUT2D eigenvalue weighted by atomic mass is 10.3. The van der Waals surface area contributed by atoms with Gasteiger partial charge in [-0.15, -0.1) is 17.8 Å². The van der Waals surface area contributed by atoms with E-state index < -0.39 is 0 Å². The molecule has 1 aromatic rings. The second-order valence-electron chi connectivity index (χ2n) is 2.60. The predicted molar refractivity (Wildman–Crippen MR) is 64.9 cm³/mol. The van der Waals surface area contributed by atoms with Gasteiger partial charge in [-0.05, 0) is 44.8 Å². The monoisotopic (exact) mass is 321 g/mol. The first-order chi connectivity index (χ1) is 6.13. The lowest BCUT2D eigenvalue weighted by Gasteiger charge is -2.04. The number of hydrogen-bond acceptors (Lipinski definition) is 2. The minimum atomic E-state index is 0.125. The van der Waals surface area contributed by atoms with Gasteiger partial charge in [-0.1, -0.05) is 5.92 Å². The molecule has 0 bridgehead atoms. The molecule has 0 saturated carbocycles. The van der Waals surface area contributed by atoms with Crippen LogP contribution in [-0.4, -0.2) is 6.04 Å². The van der Waals surface area contributed by atoms with Crippen molar-refractivity contribution in [3.63, 3.8) is 0 Å². The van der Waals surface area contributed by atoms with Crippen LogP contribution in [0.1, 0.15) is 11.8 Å². The summed E-state index contributed by atoms with van der Waals surface area (Å²) in [4.78, 5) is 1.26. The molecular weight excluding hydrogens is 314 g/mol. The Morgan fingerprint density at radius 1 is 1.69 bits per heavy atom. The second kappa shape index (κ2) is 5.16. The normalized spacial score (nSPS) is 12.5. The van der Waals surface area contributed by atoms with Crippen LogP contribution in [0.5, 0.6) is 0 Å². The molecule has 0 radical (unpaired) electrons. The average Bonchev–Trinajstić information content (AvgIpc) is 2.42. The van der Waals surface area contributed by atoms with Crippen molar-refractivity contribution in [2.24, 2.45) is 0 Å². The van der Waals surface area contributed by atoms with Crippen LogP contribution in [-0.2, 0) is 6.54 Å². The van der Waals surface area contributed by atoms with E-state index in [4.69, 9.17) is 6.42 Å². The van der Waals surface area contributed by atoms with Crippen molar-refractivity contribution in [3.8, 4) is 12.3 Å². The van der Waals surface area contributed by atoms with Crippen molar-refractivity contribution in [2.75, 3.05) is 0 Å². The lowest BCUT2D eigenvalue weighted by molar-refractivity contribution is 0.654. The van der Waals surface area contributed by atoms with Crippen molar-refractivity contribution in [3.05, 3.63) is 19.2 Å². The van der Waals surface area contributed by atoms with Gasteiger partial charge >= 0.3 is 0 Å². The summed E-state index contributed by atoms with van der Waals surface area (Å²) in [6, 6.07) is 2.21. The van der Waals surface area contributed by atoms with Crippen LogP contribution in [0.2, 0.25) is 0 Å². The Hall–Kier alpha value is 0.180. The van der Waals surface area contributed by atoms with Gasteiger partial charge in [0.15, 0.2) is 0 Å². The summed E-state index contributed by atoms with van der Waals surface area (Å²) >= 11 is 8.58. The average molecular weight is 323 g/mol. The molecule has 0 aliphatic rings. The van der Waals surface area contributed by atoms with Gasteiger partial charge in [0, 0.05) is 15.9 Å². The van der Waals surface area contributed by atoms with E-state index in [2.05, 4.69) is 49.2 Å². The Morgan fingerprint density at radius 2 is 2.38 bits per heavy atom. The molecule has 1 nitrogen and oxygen atoms in total. The summed E-state index contributed by atoms with van der Waals surface area (Å²) in [6.07, 6.45) is 5.24. The van der Waals surface area contributed by atoms with E-state index in [1.165, 1.54) is 4.88 Å². The first kappa shape index (κ1) is 11.3. The van der Waals surface area contributed by atoms with E-state index in [0.29, 0.717) is 0 Å². The minimum absolute atomic E-state index is 0.125. The molecule has 0 amide bonds. The Morgan fingerprint density at radius 3 is 2.85 bits per heavy atom. The number of nitrogens with one attached hydrogen (secondary N) is 1. The van der Waals surface area contributed by atoms with Gasteiger partial charge in [0.25, 0.3) is 0 Å². The highest BCUT2D eigenvalue weighted by Gasteiger charge is 2.04. The van der Waals surface area contributed by atoms with E-state index in [0.717, 1.165) is 14.8 Å². The van der Waals surface area contributed by atoms with E-state index in [9.17, 15) is 0 Å². The molecule has 0 saturated heterocycles. The first-order valence-electron chi connectivity index (χ1n) is 3.76. The third-order valence-electron chi connectivity index (χ3n) is 1.53.